The minimum absolute atomic E-state index is 0.00861. The van der Waals surface area contributed by atoms with Crippen LogP contribution in [0.4, 0.5) is 0 Å². The standard InChI is InChI=1S/C19H22ClN3O2/c20-15-5-6-17-16(9-15)19(25)23(12-21-17)11-18(24)22-8-7-13-3-1-2-4-14(13)10-22/h5-6,9,12-14H,1-4,7-8,10-11H2/t13-,14-/m0/s1. The van der Waals surface area contributed by atoms with Gasteiger partial charge in [0.1, 0.15) is 6.54 Å². The van der Waals surface area contributed by atoms with E-state index in [-0.39, 0.29) is 18.0 Å². The van der Waals surface area contributed by atoms with Crippen molar-refractivity contribution in [3.63, 3.8) is 0 Å². The van der Waals surface area contributed by atoms with Crippen LogP contribution in [0.5, 0.6) is 0 Å². The van der Waals surface area contributed by atoms with E-state index in [2.05, 4.69) is 4.98 Å². The molecule has 1 aromatic carbocycles. The van der Waals surface area contributed by atoms with Crippen LogP contribution in [0.25, 0.3) is 10.9 Å². The van der Waals surface area contributed by atoms with Gasteiger partial charge in [0.05, 0.1) is 17.2 Å². The first kappa shape index (κ1) is 16.6. The minimum atomic E-state index is -0.214. The number of carbonyl (C=O) groups is 1. The van der Waals surface area contributed by atoms with Crippen molar-refractivity contribution in [3.05, 3.63) is 39.9 Å². The van der Waals surface area contributed by atoms with Crippen molar-refractivity contribution >= 4 is 28.4 Å². The van der Waals surface area contributed by atoms with Crippen molar-refractivity contribution < 1.29 is 4.79 Å². The van der Waals surface area contributed by atoms with Gasteiger partial charge in [-0.15, -0.1) is 0 Å². The first-order valence-corrected chi connectivity index (χ1v) is 9.42. The normalized spacial score (nSPS) is 23.5. The summed E-state index contributed by atoms with van der Waals surface area (Å²) in [5.41, 5.74) is 0.384. The minimum Gasteiger partial charge on any atom is -0.341 e. The lowest BCUT2D eigenvalue weighted by atomic mass is 9.75. The average molecular weight is 360 g/mol. The van der Waals surface area contributed by atoms with Crippen LogP contribution < -0.4 is 5.56 Å². The van der Waals surface area contributed by atoms with Gasteiger partial charge >= 0.3 is 0 Å². The fraction of sp³-hybridized carbons (Fsp3) is 0.526. The van der Waals surface area contributed by atoms with E-state index in [1.165, 1.54) is 36.6 Å². The molecule has 0 unspecified atom stereocenters. The molecule has 5 nitrogen and oxygen atoms in total. The number of hydrogen-bond donors (Lipinski definition) is 0. The van der Waals surface area contributed by atoms with Crippen molar-refractivity contribution in [2.24, 2.45) is 11.8 Å². The first-order chi connectivity index (χ1) is 12.1. The van der Waals surface area contributed by atoms with Crippen LogP contribution in [0.1, 0.15) is 32.1 Å². The third-order valence-electron chi connectivity index (χ3n) is 5.74. The molecular formula is C19H22ClN3O2. The van der Waals surface area contributed by atoms with Crippen molar-refractivity contribution in [1.29, 1.82) is 0 Å². The van der Waals surface area contributed by atoms with Crippen LogP contribution in [0.2, 0.25) is 5.02 Å². The Morgan fingerprint density at radius 2 is 2.00 bits per heavy atom. The van der Waals surface area contributed by atoms with Gasteiger partial charge in [-0.2, -0.15) is 0 Å². The van der Waals surface area contributed by atoms with Gasteiger partial charge in [-0.05, 0) is 42.9 Å². The molecule has 132 valence electrons. The number of carbonyl (C=O) groups excluding carboxylic acids is 1. The number of fused-ring (bicyclic) bond motifs is 2. The van der Waals surface area contributed by atoms with Gasteiger partial charge in [0, 0.05) is 18.1 Å². The molecule has 1 amide bonds. The van der Waals surface area contributed by atoms with Crippen LogP contribution in [0.15, 0.2) is 29.3 Å². The van der Waals surface area contributed by atoms with E-state index in [1.54, 1.807) is 18.2 Å². The lowest BCUT2D eigenvalue weighted by Gasteiger charge is -2.41. The zero-order valence-corrected chi connectivity index (χ0v) is 14.9. The van der Waals surface area contributed by atoms with Crippen LogP contribution in [-0.2, 0) is 11.3 Å². The van der Waals surface area contributed by atoms with Gasteiger partial charge in [-0.1, -0.05) is 30.9 Å². The van der Waals surface area contributed by atoms with Crippen molar-refractivity contribution in [1.82, 2.24) is 14.5 Å². The summed E-state index contributed by atoms with van der Waals surface area (Å²) in [7, 11) is 0. The van der Waals surface area contributed by atoms with Crippen molar-refractivity contribution in [3.8, 4) is 0 Å². The summed E-state index contributed by atoms with van der Waals surface area (Å²) in [6, 6.07) is 5.04. The SMILES string of the molecule is O=C(Cn1cnc2ccc(Cl)cc2c1=O)N1CC[C@@H]2CCCC[C@H]2C1. The molecule has 25 heavy (non-hydrogen) atoms. The topological polar surface area (TPSA) is 55.2 Å². The number of nitrogens with zero attached hydrogens (tertiary/aromatic N) is 3. The van der Waals surface area contributed by atoms with Crippen molar-refractivity contribution in [2.75, 3.05) is 13.1 Å². The zero-order chi connectivity index (χ0) is 17.4. The summed E-state index contributed by atoms with van der Waals surface area (Å²) in [4.78, 5) is 31.5. The number of likely N-dealkylation sites (tertiary alicyclic amines) is 1. The highest BCUT2D eigenvalue weighted by Crippen LogP contribution is 2.36. The summed E-state index contributed by atoms with van der Waals surface area (Å²) < 4.78 is 1.40. The molecule has 0 radical (unpaired) electrons. The molecule has 6 heteroatoms. The van der Waals surface area contributed by atoms with Gasteiger partial charge in [-0.3, -0.25) is 14.2 Å². The Bertz CT molecular complexity index is 863. The number of rotatable bonds is 2. The number of benzene rings is 1. The summed E-state index contributed by atoms with van der Waals surface area (Å²) >= 11 is 5.98. The number of piperidine rings is 1. The molecule has 2 fully saturated rings. The largest absolute Gasteiger partial charge is 0.341 e. The second kappa shape index (κ2) is 6.79. The summed E-state index contributed by atoms with van der Waals surface area (Å²) in [5, 5.41) is 0.948. The highest BCUT2D eigenvalue weighted by Gasteiger charge is 2.32. The van der Waals surface area contributed by atoms with Gasteiger partial charge in [0.25, 0.3) is 5.56 Å². The number of amides is 1. The summed E-state index contributed by atoms with van der Waals surface area (Å²) in [6.07, 6.45) is 7.69. The van der Waals surface area contributed by atoms with Crippen LogP contribution in [-0.4, -0.2) is 33.4 Å². The maximum absolute atomic E-state index is 12.7. The average Bonchev–Trinajstić information content (AvgIpc) is 2.64. The molecule has 4 rings (SSSR count). The molecule has 1 aliphatic heterocycles. The highest BCUT2D eigenvalue weighted by molar-refractivity contribution is 6.31. The Kier molecular flexibility index (Phi) is 4.50. The number of aromatic nitrogens is 2. The van der Waals surface area contributed by atoms with E-state index in [1.807, 2.05) is 4.90 Å². The molecule has 1 saturated carbocycles. The van der Waals surface area contributed by atoms with Crippen LogP contribution in [0, 0.1) is 11.8 Å². The quantitative estimate of drug-likeness (QED) is 0.828. The number of halogens is 1. The monoisotopic (exact) mass is 359 g/mol. The van der Waals surface area contributed by atoms with Gasteiger partial charge < -0.3 is 4.90 Å². The molecule has 0 bridgehead atoms. The summed E-state index contributed by atoms with van der Waals surface area (Å²) in [5.74, 6) is 1.43. The predicted molar refractivity (Wildman–Crippen MR) is 97.7 cm³/mol. The van der Waals surface area contributed by atoms with Crippen molar-refractivity contribution in [2.45, 2.75) is 38.6 Å². The van der Waals surface area contributed by atoms with E-state index in [9.17, 15) is 9.59 Å². The fourth-order valence-corrected chi connectivity index (χ4v) is 4.49. The molecular weight excluding hydrogens is 338 g/mol. The lowest BCUT2D eigenvalue weighted by Crippen LogP contribution is -2.46. The smallest absolute Gasteiger partial charge is 0.261 e. The molecule has 2 aliphatic rings. The third kappa shape index (κ3) is 3.30. The van der Waals surface area contributed by atoms with Gasteiger partial charge in [0.2, 0.25) is 5.91 Å². The first-order valence-electron chi connectivity index (χ1n) is 9.04. The molecule has 0 spiro atoms. The molecule has 1 aromatic heterocycles. The van der Waals surface area contributed by atoms with E-state index in [0.717, 1.165) is 25.4 Å². The van der Waals surface area contributed by atoms with Crippen LogP contribution >= 0.6 is 11.6 Å². The molecule has 1 aliphatic carbocycles. The Balaban J connectivity index is 1.52. The third-order valence-corrected chi connectivity index (χ3v) is 5.97. The zero-order valence-electron chi connectivity index (χ0n) is 14.2. The lowest BCUT2D eigenvalue weighted by molar-refractivity contribution is -0.135. The predicted octanol–water partition coefficient (Wildman–Crippen LogP) is 3.09. The van der Waals surface area contributed by atoms with E-state index in [0.29, 0.717) is 21.8 Å². The molecule has 2 atom stereocenters. The van der Waals surface area contributed by atoms with Gasteiger partial charge in [-0.25, -0.2) is 4.98 Å². The Hall–Kier alpha value is -1.88. The Labute approximate surface area is 151 Å². The molecule has 2 aromatic rings. The van der Waals surface area contributed by atoms with E-state index < -0.39 is 0 Å². The maximum atomic E-state index is 12.7. The Morgan fingerprint density at radius 3 is 2.84 bits per heavy atom. The molecule has 1 saturated heterocycles. The molecule has 0 N–H and O–H groups in total. The Morgan fingerprint density at radius 1 is 1.20 bits per heavy atom. The second-order valence-electron chi connectivity index (χ2n) is 7.27. The van der Waals surface area contributed by atoms with Crippen LogP contribution in [0.3, 0.4) is 0 Å². The summed E-state index contributed by atoms with van der Waals surface area (Å²) in [6.45, 7) is 1.69. The van der Waals surface area contributed by atoms with Gasteiger partial charge in [0.15, 0.2) is 0 Å². The van der Waals surface area contributed by atoms with E-state index in [4.69, 9.17) is 11.6 Å². The second-order valence-corrected chi connectivity index (χ2v) is 7.71. The maximum Gasteiger partial charge on any atom is 0.261 e. The highest BCUT2D eigenvalue weighted by atomic mass is 35.5. The fourth-order valence-electron chi connectivity index (χ4n) is 4.32. The molecule has 2 heterocycles. The van der Waals surface area contributed by atoms with E-state index >= 15 is 0 Å². The number of hydrogen-bond acceptors (Lipinski definition) is 3.